The summed E-state index contributed by atoms with van der Waals surface area (Å²) in [6.45, 7) is 0. The molecule has 0 spiro atoms. The third-order valence-corrected chi connectivity index (χ3v) is 3.33. The molecule has 0 amide bonds. The van der Waals surface area contributed by atoms with E-state index in [1.165, 1.54) is 0 Å². The van der Waals surface area contributed by atoms with Crippen molar-refractivity contribution in [2.75, 3.05) is 0 Å². The Hall–Kier alpha value is -0.970. The van der Waals surface area contributed by atoms with Crippen molar-refractivity contribution < 1.29 is 9.02 Å². The van der Waals surface area contributed by atoms with E-state index in [1.54, 1.807) is 0 Å². The van der Waals surface area contributed by atoms with Gasteiger partial charge in [-0.3, -0.25) is 0 Å². The maximum Gasteiger partial charge on any atom is 0.138 e. The predicted molar refractivity (Wildman–Crippen MR) is 56.4 cm³/mol. The molecule has 1 aliphatic rings. The molecule has 1 heterocycles. The second kappa shape index (κ2) is 3.27. The standard InChI is InChI=1S/C10H8BrFN2O/c11-6-3-8(5-1-7(12)2-5)10-9(4-6)13-15-14-10/h3-5,7H,1-2H2. The molecule has 5 heteroatoms. The van der Waals surface area contributed by atoms with Crippen molar-refractivity contribution in [1.82, 2.24) is 10.3 Å². The van der Waals surface area contributed by atoms with E-state index in [2.05, 4.69) is 26.2 Å². The van der Waals surface area contributed by atoms with Crippen LogP contribution >= 0.6 is 15.9 Å². The molecule has 3 nitrogen and oxygen atoms in total. The smallest absolute Gasteiger partial charge is 0.138 e. The first-order chi connectivity index (χ1) is 7.24. The number of nitrogens with zero attached hydrogens (tertiary/aromatic N) is 2. The van der Waals surface area contributed by atoms with Gasteiger partial charge in [0.2, 0.25) is 0 Å². The molecule has 0 radical (unpaired) electrons. The lowest BCUT2D eigenvalue weighted by Gasteiger charge is -2.29. The second-order valence-electron chi connectivity index (χ2n) is 3.89. The van der Waals surface area contributed by atoms with Gasteiger partial charge < -0.3 is 0 Å². The predicted octanol–water partition coefficient (Wildman–Crippen LogP) is 3.20. The molecule has 1 aliphatic carbocycles. The van der Waals surface area contributed by atoms with Crippen molar-refractivity contribution in [3.63, 3.8) is 0 Å². The number of fused-ring (bicyclic) bond motifs is 1. The lowest BCUT2D eigenvalue weighted by Crippen LogP contribution is -2.22. The van der Waals surface area contributed by atoms with Gasteiger partial charge in [-0.15, -0.1) is 0 Å². The normalized spacial score (nSPS) is 25.5. The molecule has 2 aromatic rings. The molecule has 15 heavy (non-hydrogen) atoms. The van der Waals surface area contributed by atoms with Gasteiger partial charge in [-0.2, -0.15) is 0 Å². The highest BCUT2D eigenvalue weighted by molar-refractivity contribution is 9.10. The third kappa shape index (κ3) is 1.45. The van der Waals surface area contributed by atoms with Crippen LogP contribution in [0.25, 0.3) is 11.0 Å². The Morgan fingerprint density at radius 1 is 1.33 bits per heavy atom. The molecule has 0 aliphatic heterocycles. The average molecular weight is 271 g/mol. The number of hydrogen-bond acceptors (Lipinski definition) is 3. The fraction of sp³-hybridized carbons (Fsp3) is 0.400. The van der Waals surface area contributed by atoms with Crippen LogP contribution in [0.5, 0.6) is 0 Å². The summed E-state index contributed by atoms with van der Waals surface area (Å²) < 4.78 is 18.4. The van der Waals surface area contributed by atoms with Crippen molar-refractivity contribution >= 4 is 27.0 Å². The van der Waals surface area contributed by atoms with Crippen molar-refractivity contribution in [3.8, 4) is 0 Å². The zero-order valence-corrected chi connectivity index (χ0v) is 9.37. The molecule has 0 saturated heterocycles. The third-order valence-electron chi connectivity index (χ3n) is 2.88. The zero-order valence-electron chi connectivity index (χ0n) is 7.78. The van der Waals surface area contributed by atoms with Crippen LogP contribution in [0.4, 0.5) is 4.39 Å². The Morgan fingerprint density at radius 3 is 2.87 bits per heavy atom. The Balaban J connectivity index is 2.12. The summed E-state index contributed by atoms with van der Waals surface area (Å²) in [5.74, 6) is 0.256. The number of rotatable bonds is 1. The molecule has 78 valence electrons. The molecule has 1 fully saturated rings. The zero-order chi connectivity index (χ0) is 10.4. The Labute approximate surface area is 93.7 Å². The van der Waals surface area contributed by atoms with Crippen LogP contribution in [0, 0.1) is 0 Å². The first-order valence-electron chi connectivity index (χ1n) is 4.80. The summed E-state index contributed by atoms with van der Waals surface area (Å²) in [6, 6.07) is 3.82. The van der Waals surface area contributed by atoms with E-state index >= 15 is 0 Å². The van der Waals surface area contributed by atoms with Crippen LogP contribution in [0.1, 0.15) is 24.3 Å². The molecule has 3 rings (SSSR count). The Morgan fingerprint density at radius 2 is 2.13 bits per heavy atom. The topological polar surface area (TPSA) is 38.9 Å². The fourth-order valence-electron chi connectivity index (χ4n) is 1.99. The van der Waals surface area contributed by atoms with Gasteiger partial charge >= 0.3 is 0 Å². The van der Waals surface area contributed by atoms with Gasteiger partial charge in [0.1, 0.15) is 17.2 Å². The van der Waals surface area contributed by atoms with E-state index in [0.29, 0.717) is 12.8 Å². The minimum atomic E-state index is -0.663. The van der Waals surface area contributed by atoms with E-state index in [-0.39, 0.29) is 5.92 Å². The van der Waals surface area contributed by atoms with Crippen molar-refractivity contribution in [1.29, 1.82) is 0 Å². The molecular weight excluding hydrogens is 263 g/mol. The quantitative estimate of drug-likeness (QED) is 0.799. The lowest BCUT2D eigenvalue weighted by molar-refractivity contribution is 0.179. The SMILES string of the molecule is FC1CC(c2cc(Br)cc3nonc23)C1. The van der Waals surface area contributed by atoms with Crippen LogP contribution in [0.2, 0.25) is 0 Å². The Kier molecular flexibility index (Phi) is 2.02. The maximum absolute atomic E-state index is 12.8. The van der Waals surface area contributed by atoms with E-state index in [0.717, 1.165) is 21.1 Å². The van der Waals surface area contributed by atoms with Crippen LogP contribution in [-0.4, -0.2) is 16.5 Å². The van der Waals surface area contributed by atoms with Crippen LogP contribution in [0.15, 0.2) is 21.2 Å². The highest BCUT2D eigenvalue weighted by atomic mass is 79.9. The average Bonchev–Trinajstić information content (AvgIpc) is 2.59. The molecule has 0 N–H and O–H groups in total. The van der Waals surface area contributed by atoms with Crippen molar-refractivity contribution in [2.24, 2.45) is 0 Å². The van der Waals surface area contributed by atoms with Gasteiger partial charge in [0.05, 0.1) is 0 Å². The van der Waals surface area contributed by atoms with E-state index in [9.17, 15) is 4.39 Å². The summed E-state index contributed by atoms with van der Waals surface area (Å²) in [5, 5.41) is 7.65. The summed E-state index contributed by atoms with van der Waals surface area (Å²) in [4.78, 5) is 0. The van der Waals surface area contributed by atoms with Gasteiger partial charge in [0, 0.05) is 4.47 Å². The minimum Gasteiger partial charge on any atom is -0.247 e. The summed E-state index contributed by atoms with van der Waals surface area (Å²) in [5.41, 5.74) is 2.52. The van der Waals surface area contributed by atoms with Crippen LogP contribution < -0.4 is 0 Å². The van der Waals surface area contributed by atoms with Gasteiger partial charge in [-0.25, -0.2) is 9.02 Å². The monoisotopic (exact) mass is 270 g/mol. The van der Waals surface area contributed by atoms with Crippen LogP contribution in [0.3, 0.4) is 0 Å². The number of hydrogen-bond donors (Lipinski definition) is 0. The number of aromatic nitrogens is 2. The van der Waals surface area contributed by atoms with Crippen molar-refractivity contribution in [2.45, 2.75) is 24.9 Å². The Bertz CT molecular complexity index is 507. The number of alkyl halides is 1. The first kappa shape index (κ1) is 9.27. The summed E-state index contributed by atoms with van der Waals surface area (Å²) >= 11 is 3.40. The first-order valence-corrected chi connectivity index (χ1v) is 5.59. The van der Waals surface area contributed by atoms with Gasteiger partial charge in [0.25, 0.3) is 0 Å². The van der Waals surface area contributed by atoms with Gasteiger partial charge in [0.15, 0.2) is 0 Å². The molecule has 0 atom stereocenters. The highest BCUT2D eigenvalue weighted by Gasteiger charge is 2.32. The van der Waals surface area contributed by atoms with E-state index < -0.39 is 6.17 Å². The molecular formula is C10H8BrFN2O. The number of halogens is 2. The molecule has 0 bridgehead atoms. The van der Waals surface area contributed by atoms with E-state index in [4.69, 9.17) is 4.63 Å². The molecule has 1 saturated carbocycles. The maximum atomic E-state index is 12.8. The highest BCUT2D eigenvalue weighted by Crippen LogP contribution is 2.41. The van der Waals surface area contributed by atoms with Gasteiger partial charge in [-0.05, 0) is 46.8 Å². The molecule has 1 aromatic carbocycles. The molecule has 1 aromatic heterocycles. The van der Waals surface area contributed by atoms with Gasteiger partial charge in [-0.1, -0.05) is 15.9 Å². The fourth-order valence-corrected chi connectivity index (χ4v) is 2.46. The minimum absolute atomic E-state index is 0.256. The number of benzene rings is 1. The summed E-state index contributed by atoms with van der Waals surface area (Å²) in [7, 11) is 0. The summed E-state index contributed by atoms with van der Waals surface area (Å²) in [6.07, 6.45) is 0.500. The molecule has 0 unspecified atom stereocenters. The largest absolute Gasteiger partial charge is 0.247 e. The second-order valence-corrected chi connectivity index (χ2v) is 4.81. The van der Waals surface area contributed by atoms with Crippen LogP contribution in [-0.2, 0) is 0 Å². The van der Waals surface area contributed by atoms with E-state index in [1.807, 2.05) is 12.1 Å². The lowest BCUT2D eigenvalue weighted by atomic mass is 9.78. The van der Waals surface area contributed by atoms with Crippen molar-refractivity contribution in [3.05, 3.63) is 22.2 Å².